The van der Waals surface area contributed by atoms with Gasteiger partial charge in [0.25, 0.3) is 0 Å². The zero-order valence-electron chi connectivity index (χ0n) is 12.6. The zero-order chi connectivity index (χ0) is 14.6. The number of amides is 1. The van der Waals surface area contributed by atoms with E-state index in [1.165, 1.54) is 5.56 Å². The van der Waals surface area contributed by atoms with Gasteiger partial charge in [0.1, 0.15) is 0 Å². The predicted molar refractivity (Wildman–Crippen MR) is 82.4 cm³/mol. The standard InChI is InChI=1S/C17H26N2O/c1-3-17(2,13-18)16(20)19-11-9-15(10-12-19)14-7-5-4-6-8-14/h4-8,15H,3,9-13,18H2,1-2H3. The van der Waals surface area contributed by atoms with Crippen molar-refractivity contribution in [3.8, 4) is 0 Å². The molecule has 1 saturated heterocycles. The third-order valence-electron chi connectivity index (χ3n) is 4.80. The van der Waals surface area contributed by atoms with E-state index >= 15 is 0 Å². The minimum atomic E-state index is -0.389. The first-order chi connectivity index (χ1) is 9.60. The van der Waals surface area contributed by atoms with Gasteiger partial charge < -0.3 is 10.6 Å². The quantitative estimate of drug-likeness (QED) is 0.917. The van der Waals surface area contributed by atoms with Gasteiger partial charge in [-0.25, -0.2) is 0 Å². The van der Waals surface area contributed by atoms with E-state index in [1.54, 1.807) is 0 Å². The summed E-state index contributed by atoms with van der Waals surface area (Å²) in [5.41, 5.74) is 6.81. The Morgan fingerprint density at radius 3 is 2.40 bits per heavy atom. The first kappa shape index (κ1) is 15.0. The molecule has 3 nitrogen and oxygen atoms in total. The Balaban J connectivity index is 1.96. The third-order valence-corrected chi connectivity index (χ3v) is 4.80. The van der Waals surface area contributed by atoms with Crippen LogP contribution in [0.2, 0.25) is 0 Å². The van der Waals surface area contributed by atoms with Gasteiger partial charge in [-0.15, -0.1) is 0 Å². The molecule has 3 heteroatoms. The molecule has 2 N–H and O–H groups in total. The molecular weight excluding hydrogens is 248 g/mol. The number of piperidine rings is 1. The van der Waals surface area contributed by atoms with Crippen molar-refractivity contribution < 1.29 is 4.79 Å². The third kappa shape index (κ3) is 3.04. The van der Waals surface area contributed by atoms with Crippen LogP contribution in [-0.4, -0.2) is 30.4 Å². The highest BCUT2D eigenvalue weighted by atomic mass is 16.2. The molecule has 0 aliphatic carbocycles. The SMILES string of the molecule is CCC(C)(CN)C(=O)N1CCC(c2ccccc2)CC1. The molecule has 110 valence electrons. The number of benzene rings is 1. The molecule has 1 atom stereocenters. The molecule has 1 aromatic carbocycles. The highest BCUT2D eigenvalue weighted by Gasteiger charge is 2.35. The summed E-state index contributed by atoms with van der Waals surface area (Å²) in [5, 5.41) is 0. The number of nitrogens with two attached hydrogens (primary N) is 1. The van der Waals surface area contributed by atoms with E-state index < -0.39 is 0 Å². The summed E-state index contributed by atoms with van der Waals surface area (Å²) in [6, 6.07) is 10.6. The second-order valence-corrected chi connectivity index (χ2v) is 6.10. The lowest BCUT2D eigenvalue weighted by molar-refractivity contribution is -0.142. The number of carbonyl (C=O) groups excluding carboxylic acids is 1. The van der Waals surface area contributed by atoms with Gasteiger partial charge >= 0.3 is 0 Å². The van der Waals surface area contributed by atoms with Crippen molar-refractivity contribution in [3.63, 3.8) is 0 Å². The molecule has 0 saturated carbocycles. The van der Waals surface area contributed by atoms with Crippen molar-refractivity contribution in [1.29, 1.82) is 0 Å². The van der Waals surface area contributed by atoms with E-state index in [0.29, 0.717) is 12.5 Å². The van der Waals surface area contributed by atoms with Crippen LogP contribution in [-0.2, 0) is 4.79 Å². The number of hydrogen-bond donors (Lipinski definition) is 1. The molecule has 1 aliphatic heterocycles. The minimum absolute atomic E-state index is 0.231. The maximum Gasteiger partial charge on any atom is 0.229 e. The average molecular weight is 274 g/mol. The smallest absolute Gasteiger partial charge is 0.229 e. The molecule has 0 aromatic heterocycles. The van der Waals surface area contributed by atoms with Gasteiger partial charge in [0.2, 0.25) is 5.91 Å². The number of rotatable bonds is 4. The van der Waals surface area contributed by atoms with Crippen molar-refractivity contribution in [1.82, 2.24) is 4.90 Å². The van der Waals surface area contributed by atoms with E-state index in [4.69, 9.17) is 5.73 Å². The summed E-state index contributed by atoms with van der Waals surface area (Å²) in [6.07, 6.45) is 2.92. The van der Waals surface area contributed by atoms with Gasteiger partial charge in [-0.05, 0) is 37.7 Å². The van der Waals surface area contributed by atoms with Gasteiger partial charge in [0, 0.05) is 19.6 Å². The summed E-state index contributed by atoms with van der Waals surface area (Å²) in [5.74, 6) is 0.819. The Morgan fingerprint density at radius 2 is 1.90 bits per heavy atom. The summed E-state index contributed by atoms with van der Waals surface area (Å²) >= 11 is 0. The van der Waals surface area contributed by atoms with Crippen molar-refractivity contribution >= 4 is 5.91 Å². The molecule has 0 bridgehead atoms. The summed E-state index contributed by atoms with van der Waals surface area (Å²) < 4.78 is 0. The monoisotopic (exact) mass is 274 g/mol. The van der Waals surface area contributed by atoms with E-state index in [2.05, 4.69) is 30.3 Å². The van der Waals surface area contributed by atoms with Crippen molar-refractivity contribution in [2.24, 2.45) is 11.1 Å². The Hall–Kier alpha value is -1.35. The fourth-order valence-corrected chi connectivity index (χ4v) is 2.91. The van der Waals surface area contributed by atoms with Crippen LogP contribution < -0.4 is 5.73 Å². The lowest BCUT2D eigenvalue weighted by Gasteiger charge is -2.37. The molecule has 20 heavy (non-hydrogen) atoms. The largest absolute Gasteiger partial charge is 0.342 e. The average Bonchev–Trinajstić information content (AvgIpc) is 2.54. The van der Waals surface area contributed by atoms with Crippen LogP contribution in [0.15, 0.2) is 30.3 Å². The number of hydrogen-bond acceptors (Lipinski definition) is 2. The highest BCUT2D eigenvalue weighted by molar-refractivity contribution is 5.82. The van der Waals surface area contributed by atoms with Gasteiger partial charge in [-0.1, -0.05) is 37.3 Å². The second kappa shape index (κ2) is 6.40. The van der Waals surface area contributed by atoms with E-state index in [9.17, 15) is 4.79 Å². The summed E-state index contributed by atoms with van der Waals surface area (Å²) in [7, 11) is 0. The molecule has 1 unspecified atom stereocenters. The molecule has 1 fully saturated rings. The molecular formula is C17H26N2O. The van der Waals surface area contributed by atoms with Crippen molar-refractivity contribution in [2.45, 2.75) is 39.0 Å². The Morgan fingerprint density at radius 1 is 1.30 bits per heavy atom. The normalized spacial score (nSPS) is 19.6. The predicted octanol–water partition coefficient (Wildman–Crippen LogP) is 2.77. The van der Waals surface area contributed by atoms with Crippen LogP contribution >= 0.6 is 0 Å². The van der Waals surface area contributed by atoms with E-state index in [0.717, 1.165) is 32.4 Å². The van der Waals surface area contributed by atoms with Crippen molar-refractivity contribution in [3.05, 3.63) is 35.9 Å². The number of likely N-dealkylation sites (tertiary alicyclic amines) is 1. The Bertz CT molecular complexity index is 432. The second-order valence-electron chi connectivity index (χ2n) is 6.10. The van der Waals surface area contributed by atoms with E-state index in [-0.39, 0.29) is 11.3 Å². The van der Waals surface area contributed by atoms with Gasteiger partial charge in [0.05, 0.1) is 5.41 Å². The molecule has 2 rings (SSSR count). The van der Waals surface area contributed by atoms with Crippen LogP contribution in [0.3, 0.4) is 0 Å². The fraction of sp³-hybridized carbons (Fsp3) is 0.588. The lowest BCUT2D eigenvalue weighted by atomic mass is 9.84. The maximum atomic E-state index is 12.6. The first-order valence-corrected chi connectivity index (χ1v) is 7.65. The van der Waals surface area contributed by atoms with Crippen LogP contribution in [0.25, 0.3) is 0 Å². The van der Waals surface area contributed by atoms with Gasteiger partial charge in [-0.2, -0.15) is 0 Å². The molecule has 1 aromatic rings. The summed E-state index contributed by atoms with van der Waals surface area (Å²) in [4.78, 5) is 14.6. The molecule has 1 heterocycles. The zero-order valence-corrected chi connectivity index (χ0v) is 12.6. The number of carbonyl (C=O) groups is 1. The molecule has 0 radical (unpaired) electrons. The van der Waals surface area contributed by atoms with E-state index in [1.807, 2.05) is 18.7 Å². The summed E-state index contributed by atoms with van der Waals surface area (Å²) in [6.45, 7) is 6.17. The molecule has 0 spiro atoms. The van der Waals surface area contributed by atoms with Gasteiger partial charge in [-0.3, -0.25) is 4.79 Å². The van der Waals surface area contributed by atoms with Crippen LogP contribution in [0.1, 0.15) is 44.6 Å². The maximum absolute atomic E-state index is 12.6. The fourth-order valence-electron chi connectivity index (χ4n) is 2.91. The van der Waals surface area contributed by atoms with Crippen LogP contribution in [0, 0.1) is 5.41 Å². The molecule has 1 aliphatic rings. The van der Waals surface area contributed by atoms with Crippen LogP contribution in [0.4, 0.5) is 0 Å². The molecule has 1 amide bonds. The lowest BCUT2D eigenvalue weighted by Crippen LogP contribution is -2.48. The topological polar surface area (TPSA) is 46.3 Å². The van der Waals surface area contributed by atoms with Crippen LogP contribution in [0.5, 0.6) is 0 Å². The van der Waals surface area contributed by atoms with Gasteiger partial charge in [0.15, 0.2) is 0 Å². The Kier molecular flexibility index (Phi) is 4.81. The highest BCUT2D eigenvalue weighted by Crippen LogP contribution is 2.31. The number of nitrogens with zero attached hydrogens (tertiary/aromatic N) is 1. The minimum Gasteiger partial charge on any atom is -0.342 e. The van der Waals surface area contributed by atoms with Crippen molar-refractivity contribution in [2.75, 3.05) is 19.6 Å². The Labute approximate surface area is 122 Å². The first-order valence-electron chi connectivity index (χ1n) is 7.65.